The van der Waals surface area contributed by atoms with Crippen LogP contribution in [0.3, 0.4) is 0 Å². The highest BCUT2D eigenvalue weighted by atomic mass is 16.7. The summed E-state index contributed by atoms with van der Waals surface area (Å²) in [6, 6.07) is 15.0. The van der Waals surface area contributed by atoms with Gasteiger partial charge in [-0.15, -0.1) is 0 Å². The molecule has 0 aliphatic carbocycles. The Labute approximate surface area is 136 Å². The predicted molar refractivity (Wildman–Crippen MR) is 88.2 cm³/mol. The smallest absolute Gasteiger partial charge is 0.231 e. The van der Waals surface area contributed by atoms with Crippen LogP contribution < -0.4 is 19.5 Å². The van der Waals surface area contributed by atoms with E-state index in [1.54, 1.807) is 7.11 Å². The van der Waals surface area contributed by atoms with Crippen LogP contribution in [0.2, 0.25) is 0 Å². The molecule has 0 aromatic heterocycles. The minimum atomic E-state index is 0.325. The summed E-state index contributed by atoms with van der Waals surface area (Å²) in [5, 5.41) is 3.66. The molecule has 2 aromatic carbocycles. The molecule has 2 heterocycles. The van der Waals surface area contributed by atoms with Crippen LogP contribution in [-0.2, 0) is 0 Å². The van der Waals surface area contributed by atoms with Crippen molar-refractivity contribution >= 4 is 0 Å². The predicted octanol–water partition coefficient (Wildman–Crippen LogP) is 3.49. The van der Waals surface area contributed by atoms with Crippen molar-refractivity contribution in [3.63, 3.8) is 0 Å². The van der Waals surface area contributed by atoms with E-state index < -0.39 is 0 Å². The van der Waals surface area contributed by atoms with Crippen molar-refractivity contribution in [1.29, 1.82) is 0 Å². The van der Waals surface area contributed by atoms with E-state index in [1.165, 1.54) is 11.1 Å². The number of fused-ring (bicyclic) bond motifs is 1. The molecule has 2 aromatic rings. The summed E-state index contributed by atoms with van der Waals surface area (Å²) in [5.74, 6) is 3.58. The quantitative estimate of drug-likeness (QED) is 0.942. The van der Waals surface area contributed by atoms with E-state index in [1.807, 2.05) is 18.2 Å². The monoisotopic (exact) mass is 311 g/mol. The maximum Gasteiger partial charge on any atom is 0.231 e. The van der Waals surface area contributed by atoms with Gasteiger partial charge in [0, 0.05) is 18.5 Å². The van der Waals surface area contributed by atoms with Gasteiger partial charge < -0.3 is 19.5 Å². The van der Waals surface area contributed by atoms with Gasteiger partial charge in [0.2, 0.25) is 6.79 Å². The molecule has 2 aliphatic heterocycles. The van der Waals surface area contributed by atoms with Gasteiger partial charge in [-0.25, -0.2) is 0 Å². The second-order valence-electron chi connectivity index (χ2n) is 6.24. The van der Waals surface area contributed by atoms with E-state index in [-0.39, 0.29) is 0 Å². The minimum absolute atomic E-state index is 0.325. The number of hydrogen-bond acceptors (Lipinski definition) is 4. The third kappa shape index (κ3) is 2.53. The zero-order valence-electron chi connectivity index (χ0n) is 13.4. The maximum atomic E-state index is 5.51. The summed E-state index contributed by atoms with van der Waals surface area (Å²) in [6.07, 6.45) is 0. The van der Waals surface area contributed by atoms with Gasteiger partial charge in [-0.2, -0.15) is 0 Å². The zero-order chi connectivity index (χ0) is 15.8. The first-order valence-electron chi connectivity index (χ1n) is 8.03. The summed E-state index contributed by atoms with van der Waals surface area (Å²) < 4.78 is 16.2. The number of benzene rings is 2. The average molecular weight is 311 g/mol. The van der Waals surface area contributed by atoms with Crippen LogP contribution in [0.4, 0.5) is 0 Å². The molecule has 0 saturated carbocycles. The third-order valence-corrected chi connectivity index (χ3v) is 5.02. The van der Waals surface area contributed by atoms with Crippen LogP contribution in [0.15, 0.2) is 42.5 Å². The number of hydrogen-bond donors (Lipinski definition) is 1. The van der Waals surface area contributed by atoms with Gasteiger partial charge in [0.05, 0.1) is 7.11 Å². The Hall–Kier alpha value is -2.20. The molecular weight excluding hydrogens is 290 g/mol. The van der Waals surface area contributed by atoms with E-state index in [9.17, 15) is 0 Å². The van der Waals surface area contributed by atoms with E-state index >= 15 is 0 Å². The van der Waals surface area contributed by atoms with Crippen LogP contribution in [0.1, 0.15) is 30.0 Å². The molecule has 4 heteroatoms. The summed E-state index contributed by atoms with van der Waals surface area (Å²) in [5.41, 5.74) is 2.62. The van der Waals surface area contributed by atoms with E-state index in [0.717, 1.165) is 23.8 Å². The molecule has 1 saturated heterocycles. The second kappa shape index (κ2) is 5.78. The summed E-state index contributed by atoms with van der Waals surface area (Å²) in [6.45, 7) is 3.60. The summed E-state index contributed by atoms with van der Waals surface area (Å²) in [4.78, 5) is 0. The largest absolute Gasteiger partial charge is 0.497 e. The fraction of sp³-hybridized carbons (Fsp3) is 0.368. The zero-order valence-corrected chi connectivity index (χ0v) is 13.4. The number of nitrogens with one attached hydrogen (secondary N) is 1. The summed E-state index contributed by atoms with van der Waals surface area (Å²) in [7, 11) is 1.70. The standard InChI is InChI=1S/C19H21NO3/c1-12-16(14-5-8-17-18(9-14)23-11-22-17)10-20-19(12)13-3-6-15(21-2)7-4-13/h3-9,12,16,19-20H,10-11H2,1-2H3/t12-,16?,19+/m0/s1. The second-order valence-corrected chi connectivity index (χ2v) is 6.24. The Morgan fingerprint density at radius 3 is 2.52 bits per heavy atom. The highest BCUT2D eigenvalue weighted by Gasteiger charge is 2.34. The first-order valence-corrected chi connectivity index (χ1v) is 8.03. The van der Waals surface area contributed by atoms with Crippen molar-refractivity contribution in [3.8, 4) is 17.2 Å². The molecule has 4 nitrogen and oxygen atoms in total. The molecule has 4 rings (SSSR count). The molecule has 23 heavy (non-hydrogen) atoms. The van der Waals surface area contributed by atoms with E-state index in [2.05, 4.69) is 36.5 Å². The van der Waals surface area contributed by atoms with Gasteiger partial charge in [-0.05, 0) is 41.3 Å². The molecule has 0 spiro atoms. The first kappa shape index (κ1) is 14.4. The maximum absolute atomic E-state index is 5.51. The Bertz CT molecular complexity index is 698. The SMILES string of the molecule is COc1ccc([C@@H]2NCC(c3ccc4c(c3)OCO4)[C@@H]2C)cc1. The Kier molecular flexibility index (Phi) is 3.62. The van der Waals surface area contributed by atoms with Gasteiger partial charge in [-0.3, -0.25) is 0 Å². The van der Waals surface area contributed by atoms with Crippen LogP contribution in [0.25, 0.3) is 0 Å². The lowest BCUT2D eigenvalue weighted by Gasteiger charge is -2.21. The fourth-order valence-corrected chi connectivity index (χ4v) is 3.66. The molecular formula is C19H21NO3. The van der Waals surface area contributed by atoms with Gasteiger partial charge in [0.15, 0.2) is 11.5 Å². The molecule has 1 N–H and O–H groups in total. The van der Waals surface area contributed by atoms with Crippen molar-refractivity contribution in [2.24, 2.45) is 5.92 Å². The van der Waals surface area contributed by atoms with Gasteiger partial charge in [-0.1, -0.05) is 25.1 Å². The number of methoxy groups -OCH3 is 1. The normalized spacial score (nSPS) is 25.6. The lowest BCUT2D eigenvalue weighted by atomic mass is 9.84. The van der Waals surface area contributed by atoms with Crippen molar-refractivity contribution in [3.05, 3.63) is 53.6 Å². The minimum Gasteiger partial charge on any atom is -0.497 e. The van der Waals surface area contributed by atoms with Crippen LogP contribution in [0.5, 0.6) is 17.2 Å². The van der Waals surface area contributed by atoms with Gasteiger partial charge >= 0.3 is 0 Å². The van der Waals surface area contributed by atoms with Gasteiger partial charge in [0.1, 0.15) is 5.75 Å². The lowest BCUT2D eigenvalue weighted by molar-refractivity contribution is 0.174. The topological polar surface area (TPSA) is 39.7 Å². The van der Waals surface area contributed by atoms with Crippen LogP contribution in [-0.4, -0.2) is 20.4 Å². The molecule has 1 unspecified atom stereocenters. The van der Waals surface area contributed by atoms with Crippen LogP contribution in [0, 0.1) is 5.92 Å². The van der Waals surface area contributed by atoms with Crippen molar-refractivity contribution in [2.45, 2.75) is 18.9 Å². The Balaban J connectivity index is 1.56. The average Bonchev–Trinajstić information content (AvgIpc) is 3.20. The summed E-state index contributed by atoms with van der Waals surface area (Å²) >= 11 is 0. The molecule has 3 atom stereocenters. The number of rotatable bonds is 3. The van der Waals surface area contributed by atoms with Gasteiger partial charge in [0.25, 0.3) is 0 Å². The highest BCUT2D eigenvalue weighted by molar-refractivity contribution is 5.46. The Morgan fingerprint density at radius 2 is 1.74 bits per heavy atom. The highest BCUT2D eigenvalue weighted by Crippen LogP contribution is 2.42. The number of ether oxygens (including phenoxy) is 3. The van der Waals surface area contributed by atoms with E-state index in [0.29, 0.717) is 24.7 Å². The van der Waals surface area contributed by atoms with Crippen molar-refractivity contribution < 1.29 is 14.2 Å². The molecule has 0 bridgehead atoms. The Morgan fingerprint density at radius 1 is 1.00 bits per heavy atom. The molecule has 0 radical (unpaired) electrons. The third-order valence-electron chi connectivity index (χ3n) is 5.02. The molecule has 0 amide bonds. The lowest BCUT2D eigenvalue weighted by Crippen LogP contribution is -2.16. The molecule has 120 valence electrons. The first-order chi connectivity index (χ1) is 11.3. The molecule has 2 aliphatic rings. The van der Waals surface area contributed by atoms with Crippen molar-refractivity contribution in [1.82, 2.24) is 5.32 Å². The molecule has 1 fully saturated rings. The van der Waals surface area contributed by atoms with Crippen molar-refractivity contribution in [2.75, 3.05) is 20.4 Å². The van der Waals surface area contributed by atoms with Crippen LogP contribution >= 0.6 is 0 Å². The fourth-order valence-electron chi connectivity index (χ4n) is 3.66. The van der Waals surface area contributed by atoms with E-state index in [4.69, 9.17) is 14.2 Å².